The minimum atomic E-state index is -8.01. The van der Waals surface area contributed by atoms with Gasteiger partial charge in [-0.3, -0.25) is 14.3 Å². The van der Waals surface area contributed by atoms with Gasteiger partial charge in [-0.25, -0.2) is 0 Å². The first kappa shape index (κ1) is 32.2. The van der Waals surface area contributed by atoms with Crippen LogP contribution in [0.2, 0.25) is 0 Å². The molecule has 0 aromatic heterocycles. The van der Waals surface area contributed by atoms with Crippen LogP contribution in [0.4, 0.5) is 74.6 Å². The third-order valence-electron chi connectivity index (χ3n) is 4.43. The van der Waals surface area contributed by atoms with Crippen molar-refractivity contribution in [1.82, 2.24) is 9.80 Å². The molecule has 0 bridgehead atoms. The molecule has 1 rings (SSSR count). The van der Waals surface area contributed by atoms with E-state index in [1.54, 1.807) is 0 Å². The summed E-state index contributed by atoms with van der Waals surface area (Å²) in [7, 11) is 1.29. The van der Waals surface area contributed by atoms with Crippen LogP contribution in [-0.4, -0.2) is 97.3 Å². The van der Waals surface area contributed by atoms with E-state index in [0.29, 0.717) is 0 Å². The highest BCUT2D eigenvalue weighted by atomic mass is 19.4. The Bertz CT molecular complexity index is 802. The Hall–Kier alpha value is -1.84. The van der Waals surface area contributed by atoms with Crippen LogP contribution in [0.25, 0.3) is 0 Å². The van der Waals surface area contributed by atoms with Gasteiger partial charge in [-0.15, -0.1) is 0 Å². The minimum absolute atomic E-state index is 0.260. The summed E-state index contributed by atoms with van der Waals surface area (Å²) in [6.07, 6.45) is -38.3. The number of ether oxygens (including phenoxy) is 2. The summed E-state index contributed by atoms with van der Waals surface area (Å²) in [5.41, 5.74) is 0. The highest BCUT2D eigenvalue weighted by molar-refractivity contribution is 5.84. The molecule has 0 aromatic carbocycles. The Morgan fingerprint density at radius 3 is 1.33 bits per heavy atom. The first-order valence-corrected chi connectivity index (χ1v) is 8.67. The monoisotopic (exact) mass is 578 g/mol. The minimum Gasteiger partial charge on any atom is -0.335 e. The molecule has 1 aliphatic heterocycles. The lowest BCUT2D eigenvalue weighted by atomic mass is 10.2. The lowest BCUT2D eigenvalue weighted by molar-refractivity contribution is -0.548. The summed E-state index contributed by atoms with van der Waals surface area (Å²) in [6, 6.07) is 0. The van der Waals surface area contributed by atoms with E-state index in [2.05, 4.69) is 4.74 Å². The fourth-order valence-electron chi connectivity index (χ4n) is 2.37. The van der Waals surface area contributed by atoms with Crippen LogP contribution in [0.5, 0.6) is 0 Å². The van der Waals surface area contributed by atoms with E-state index < -0.39 is 67.4 Å². The molecule has 5 nitrogen and oxygen atoms in total. The van der Waals surface area contributed by atoms with E-state index in [4.69, 9.17) is 0 Å². The number of hydrogen-bond acceptors (Lipinski definition) is 4. The normalized spacial score (nSPS) is 21.2. The zero-order chi connectivity index (χ0) is 29.0. The number of hydrogen-bond donors (Lipinski definition) is 0. The summed E-state index contributed by atoms with van der Waals surface area (Å²) in [5.74, 6) is -25.8. The van der Waals surface area contributed by atoms with E-state index in [0.717, 1.165) is 0 Å². The molecule has 1 heterocycles. The first-order chi connectivity index (χ1) is 15.6. The second kappa shape index (κ2) is 9.17. The maximum atomic E-state index is 14.5. The number of halogens is 17. The molecular formula is C14H11F17N2O3. The Kier molecular flexibility index (Phi) is 8.20. The average molecular weight is 578 g/mol. The summed E-state index contributed by atoms with van der Waals surface area (Å²) < 4.78 is 226. The third kappa shape index (κ3) is 5.53. The van der Waals surface area contributed by atoms with Crippen molar-refractivity contribution < 1.29 is 88.9 Å². The molecule has 0 aliphatic carbocycles. The third-order valence-corrected chi connectivity index (χ3v) is 4.43. The number of nitrogens with zero attached hydrogens (tertiary/aromatic N) is 2. The maximum absolute atomic E-state index is 14.5. The van der Waals surface area contributed by atoms with Crippen LogP contribution in [0.15, 0.2) is 0 Å². The van der Waals surface area contributed by atoms with Crippen molar-refractivity contribution in [2.24, 2.45) is 0 Å². The molecule has 214 valence electrons. The largest absolute Gasteiger partial charge is 0.462 e. The summed E-state index contributed by atoms with van der Waals surface area (Å²) >= 11 is 0. The maximum Gasteiger partial charge on any atom is 0.462 e. The number of amides is 1. The summed E-state index contributed by atoms with van der Waals surface area (Å²) in [4.78, 5) is 12.9. The molecule has 0 aromatic rings. The lowest BCUT2D eigenvalue weighted by Crippen LogP contribution is -2.69. The average Bonchev–Trinajstić information content (AvgIpc) is 2.64. The van der Waals surface area contributed by atoms with Crippen LogP contribution >= 0.6 is 0 Å². The van der Waals surface area contributed by atoms with Crippen molar-refractivity contribution in [1.29, 1.82) is 0 Å². The van der Waals surface area contributed by atoms with Gasteiger partial charge in [-0.2, -0.15) is 74.6 Å². The number of piperazine rings is 1. The molecule has 1 fully saturated rings. The predicted octanol–water partition coefficient (Wildman–Crippen LogP) is 4.63. The highest BCUT2D eigenvalue weighted by Gasteiger charge is 2.85. The number of rotatable bonds is 7. The lowest BCUT2D eigenvalue weighted by Gasteiger charge is -2.41. The summed E-state index contributed by atoms with van der Waals surface area (Å²) in [5, 5.41) is 0. The zero-order valence-corrected chi connectivity index (χ0v) is 16.9. The Morgan fingerprint density at radius 1 is 0.583 bits per heavy atom. The van der Waals surface area contributed by atoms with Gasteiger partial charge in [0.1, 0.15) is 0 Å². The smallest absolute Gasteiger partial charge is 0.335 e. The fraction of sp³-hybridized carbons (Fsp3) is 0.929. The van der Waals surface area contributed by atoms with Gasteiger partial charge in [0.25, 0.3) is 5.91 Å². The van der Waals surface area contributed by atoms with Crippen molar-refractivity contribution in [2.75, 3.05) is 33.2 Å². The Labute approximate surface area is 187 Å². The van der Waals surface area contributed by atoms with E-state index in [-0.39, 0.29) is 18.0 Å². The molecule has 1 aliphatic rings. The predicted molar refractivity (Wildman–Crippen MR) is 76.9 cm³/mol. The van der Waals surface area contributed by atoms with Gasteiger partial charge in [0.15, 0.2) is 0 Å². The Balaban J connectivity index is 3.59. The molecule has 1 amide bonds. The van der Waals surface area contributed by atoms with Gasteiger partial charge in [0.2, 0.25) is 0 Å². The molecule has 0 radical (unpaired) electrons. The standard InChI is InChI=1S/C14H11F17N2O3/c1-32-2-4-33(5-3-32)6(34)7(15,10(19,20)21)35-14(30,31)9(18,12(25,26)27)36-13(28,29)8(16,17)11(22,23)24/h2-5H2,1H3/t7-,9-/m0/s1. The van der Waals surface area contributed by atoms with Gasteiger partial charge in [0, 0.05) is 26.2 Å². The van der Waals surface area contributed by atoms with Crippen molar-refractivity contribution in [3.8, 4) is 0 Å². The van der Waals surface area contributed by atoms with Gasteiger partial charge in [0.05, 0.1) is 0 Å². The van der Waals surface area contributed by atoms with Crippen molar-refractivity contribution in [3.63, 3.8) is 0 Å². The SMILES string of the molecule is CN1CCN(C(=O)[C@](F)(OC(F)(F)[C@@](F)(OC(F)(F)C(F)(F)C(F)(F)F)C(F)(F)F)C(F)(F)F)CC1. The number of alkyl halides is 17. The van der Waals surface area contributed by atoms with E-state index in [1.165, 1.54) is 16.7 Å². The number of carbonyl (C=O) groups is 1. The second-order valence-electron chi connectivity index (χ2n) is 7.09. The van der Waals surface area contributed by atoms with E-state index >= 15 is 0 Å². The van der Waals surface area contributed by atoms with Gasteiger partial charge < -0.3 is 9.80 Å². The van der Waals surface area contributed by atoms with Crippen LogP contribution in [0.3, 0.4) is 0 Å². The van der Waals surface area contributed by atoms with Crippen LogP contribution in [-0.2, 0) is 14.3 Å². The molecule has 0 unspecified atom stereocenters. The zero-order valence-electron chi connectivity index (χ0n) is 16.9. The fourth-order valence-corrected chi connectivity index (χ4v) is 2.37. The number of likely N-dealkylation sites (N-methyl/N-ethyl adjacent to an activating group) is 1. The van der Waals surface area contributed by atoms with Crippen LogP contribution < -0.4 is 0 Å². The molecule has 0 spiro atoms. The van der Waals surface area contributed by atoms with Crippen molar-refractivity contribution in [3.05, 3.63) is 0 Å². The molecule has 1 saturated heterocycles. The summed E-state index contributed by atoms with van der Waals surface area (Å²) in [6.45, 7) is -2.60. The van der Waals surface area contributed by atoms with Crippen molar-refractivity contribution >= 4 is 5.91 Å². The molecular weight excluding hydrogens is 567 g/mol. The first-order valence-electron chi connectivity index (χ1n) is 8.67. The quantitative estimate of drug-likeness (QED) is 0.414. The molecule has 2 atom stereocenters. The van der Waals surface area contributed by atoms with Crippen LogP contribution in [0.1, 0.15) is 0 Å². The van der Waals surface area contributed by atoms with E-state index in [1.807, 2.05) is 0 Å². The van der Waals surface area contributed by atoms with Crippen molar-refractivity contribution in [2.45, 2.75) is 48.4 Å². The van der Waals surface area contributed by atoms with E-state index in [9.17, 15) is 79.4 Å². The van der Waals surface area contributed by atoms with Crippen LogP contribution in [0, 0.1) is 0 Å². The molecule has 36 heavy (non-hydrogen) atoms. The highest BCUT2D eigenvalue weighted by Crippen LogP contribution is 2.56. The van der Waals surface area contributed by atoms with Gasteiger partial charge in [-0.1, -0.05) is 0 Å². The van der Waals surface area contributed by atoms with Gasteiger partial charge >= 0.3 is 48.4 Å². The molecule has 0 N–H and O–H groups in total. The number of carbonyl (C=O) groups excluding carboxylic acids is 1. The second-order valence-corrected chi connectivity index (χ2v) is 7.09. The topological polar surface area (TPSA) is 42.0 Å². The molecule has 22 heteroatoms. The molecule has 0 saturated carbocycles. The van der Waals surface area contributed by atoms with Gasteiger partial charge in [-0.05, 0) is 7.05 Å². The Morgan fingerprint density at radius 2 is 1.00 bits per heavy atom.